The van der Waals surface area contributed by atoms with E-state index in [4.69, 9.17) is 0 Å². The van der Waals surface area contributed by atoms with Gasteiger partial charge in [-0.1, -0.05) is 35.9 Å². The van der Waals surface area contributed by atoms with Gasteiger partial charge in [0, 0.05) is 16.6 Å². The minimum absolute atomic E-state index is 0.0854. The molecule has 0 saturated carbocycles. The number of aryl methyl sites for hydroxylation is 3. The highest BCUT2D eigenvalue weighted by Crippen LogP contribution is 2.32. The zero-order valence-electron chi connectivity index (χ0n) is 16.5. The van der Waals surface area contributed by atoms with E-state index in [0.717, 1.165) is 22.3 Å². The van der Waals surface area contributed by atoms with E-state index in [1.807, 2.05) is 62.5 Å². The number of thiophene rings is 1. The normalized spacial score (nSPS) is 11.0. The summed E-state index contributed by atoms with van der Waals surface area (Å²) in [5.41, 5.74) is 5.73. The third-order valence-electron chi connectivity index (χ3n) is 4.85. The lowest BCUT2D eigenvalue weighted by Crippen LogP contribution is -2.27. The van der Waals surface area contributed by atoms with Crippen LogP contribution in [0.25, 0.3) is 21.3 Å². The number of carbonyl (C=O) groups is 1. The number of anilines is 1. The molecule has 2 aromatic carbocycles. The summed E-state index contributed by atoms with van der Waals surface area (Å²) in [6, 6.07) is 13.7. The zero-order chi connectivity index (χ0) is 20.5. The van der Waals surface area contributed by atoms with Crippen molar-refractivity contribution in [3.05, 3.63) is 81.2 Å². The molecule has 29 heavy (non-hydrogen) atoms. The summed E-state index contributed by atoms with van der Waals surface area (Å²) in [6.45, 7) is 5.96. The quantitative estimate of drug-likeness (QED) is 0.538. The Morgan fingerprint density at radius 1 is 1.07 bits per heavy atom. The third kappa shape index (κ3) is 3.84. The van der Waals surface area contributed by atoms with Crippen molar-refractivity contribution in [3.8, 4) is 11.1 Å². The van der Waals surface area contributed by atoms with Gasteiger partial charge in [-0.2, -0.15) is 0 Å². The van der Waals surface area contributed by atoms with E-state index in [2.05, 4.69) is 16.4 Å². The molecule has 0 spiro atoms. The van der Waals surface area contributed by atoms with Crippen molar-refractivity contribution in [2.75, 3.05) is 5.32 Å². The van der Waals surface area contributed by atoms with Gasteiger partial charge in [-0.05, 0) is 49.6 Å². The van der Waals surface area contributed by atoms with Crippen molar-refractivity contribution in [1.29, 1.82) is 0 Å². The Morgan fingerprint density at radius 3 is 2.62 bits per heavy atom. The molecule has 0 aliphatic heterocycles. The van der Waals surface area contributed by atoms with Crippen LogP contribution < -0.4 is 10.9 Å². The maximum absolute atomic E-state index is 13.2. The van der Waals surface area contributed by atoms with E-state index in [9.17, 15) is 9.59 Å². The molecule has 0 fully saturated rings. The fourth-order valence-corrected chi connectivity index (χ4v) is 4.37. The molecule has 4 aromatic rings. The van der Waals surface area contributed by atoms with Crippen molar-refractivity contribution < 1.29 is 4.79 Å². The van der Waals surface area contributed by atoms with Crippen LogP contribution in [-0.2, 0) is 11.3 Å². The van der Waals surface area contributed by atoms with Crippen molar-refractivity contribution in [1.82, 2.24) is 9.55 Å². The molecule has 0 atom stereocenters. The average molecular weight is 404 g/mol. The SMILES string of the molecule is Cc1cccc(NC(=O)Cn2cnc3scc(-c4ccc(C)cc4C)c3c2=O)c1. The summed E-state index contributed by atoms with van der Waals surface area (Å²) in [7, 11) is 0. The first-order valence-corrected chi connectivity index (χ1v) is 10.2. The number of amides is 1. The predicted octanol–water partition coefficient (Wildman–Crippen LogP) is 4.69. The van der Waals surface area contributed by atoms with Crippen LogP contribution in [0.15, 0.2) is 59.0 Å². The number of carbonyl (C=O) groups excluding carboxylic acids is 1. The molecule has 146 valence electrons. The van der Waals surface area contributed by atoms with Gasteiger partial charge < -0.3 is 5.32 Å². The molecule has 2 aromatic heterocycles. The van der Waals surface area contributed by atoms with Crippen molar-refractivity contribution >= 4 is 33.1 Å². The van der Waals surface area contributed by atoms with Crippen LogP contribution in [0.1, 0.15) is 16.7 Å². The Bertz CT molecular complexity index is 1290. The molecule has 2 heterocycles. The maximum Gasteiger partial charge on any atom is 0.263 e. The molecule has 0 saturated heterocycles. The predicted molar refractivity (Wildman–Crippen MR) is 119 cm³/mol. The standard InChI is InChI=1S/C23H21N3O2S/c1-14-5-4-6-17(10-14)25-20(27)11-26-13-24-22-21(23(26)28)19(12-29-22)18-8-7-15(2)9-16(18)3/h4-10,12-13H,11H2,1-3H3,(H,25,27). The third-order valence-corrected chi connectivity index (χ3v) is 5.73. The van der Waals surface area contributed by atoms with Crippen molar-refractivity contribution in [2.45, 2.75) is 27.3 Å². The van der Waals surface area contributed by atoms with Crippen LogP contribution in [0, 0.1) is 20.8 Å². The molecule has 0 unspecified atom stereocenters. The lowest BCUT2D eigenvalue weighted by molar-refractivity contribution is -0.116. The summed E-state index contributed by atoms with van der Waals surface area (Å²) in [4.78, 5) is 30.7. The van der Waals surface area contributed by atoms with Crippen LogP contribution in [0.4, 0.5) is 5.69 Å². The van der Waals surface area contributed by atoms with E-state index in [0.29, 0.717) is 15.9 Å². The topological polar surface area (TPSA) is 64.0 Å². The fraction of sp³-hybridized carbons (Fsp3) is 0.174. The van der Waals surface area contributed by atoms with E-state index >= 15 is 0 Å². The molecule has 0 radical (unpaired) electrons. The van der Waals surface area contributed by atoms with Gasteiger partial charge in [-0.25, -0.2) is 4.98 Å². The van der Waals surface area contributed by atoms with Crippen LogP contribution >= 0.6 is 11.3 Å². The van der Waals surface area contributed by atoms with E-state index in [1.165, 1.54) is 27.8 Å². The minimum Gasteiger partial charge on any atom is -0.325 e. The minimum atomic E-state index is -0.262. The van der Waals surface area contributed by atoms with Gasteiger partial charge in [0.05, 0.1) is 11.7 Å². The smallest absolute Gasteiger partial charge is 0.263 e. The van der Waals surface area contributed by atoms with Crippen LogP contribution in [0.5, 0.6) is 0 Å². The van der Waals surface area contributed by atoms with Crippen molar-refractivity contribution in [2.24, 2.45) is 0 Å². The second kappa shape index (κ2) is 7.64. The fourth-order valence-electron chi connectivity index (χ4n) is 3.47. The van der Waals surface area contributed by atoms with Crippen LogP contribution in [-0.4, -0.2) is 15.5 Å². The number of aromatic nitrogens is 2. The van der Waals surface area contributed by atoms with Crippen LogP contribution in [0.2, 0.25) is 0 Å². The monoisotopic (exact) mass is 403 g/mol. The second-order valence-corrected chi connectivity index (χ2v) is 8.10. The van der Waals surface area contributed by atoms with Gasteiger partial charge >= 0.3 is 0 Å². The summed E-state index contributed by atoms with van der Waals surface area (Å²) in [5.74, 6) is -0.262. The largest absolute Gasteiger partial charge is 0.325 e. The van der Waals surface area contributed by atoms with Gasteiger partial charge in [0.1, 0.15) is 11.4 Å². The number of nitrogens with zero attached hydrogens (tertiary/aromatic N) is 2. The van der Waals surface area contributed by atoms with E-state index in [1.54, 1.807) is 0 Å². The molecular formula is C23H21N3O2S. The first kappa shape index (κ1) is 19.1. The molecule has 0 aliphatic rings. The highest BCUT2D eigenvalue weighted by molar-refractivity contribution is 7.17. The number of rotatable bonds is 4. The van der Waals surface area contributed by atoms with Crippen LogP contribution in [0.3, 0.4) is 0 Å². The zero-order valence-corrected chi connectivity index (χ0v) is 17.3. The molecule has 1 amide bonds. The highest BCUT2D eigenvalue weighted by atomic mass is 32.1. The van der Waals surface area contributed by atoms with Gasteiger partial charge in [-0.3, -0.25) is 14.2 Å². The molecular weight excluding hydrogens is 382 g/mol. The number of benzene rings is 2. The summed E-state index contributed by atoms with van der Waals surface area (Å²) in [6.07, 6.45) is 1.45. The Balaban J connectivity index is 1.69. The van der Waals surface area contributed by atoms with E-state index in [-0.39, 0.29) is 18.0 Å². The first-order chi connectivity index (χ1) is 13.9. The van der Waals surface area contributed by atoms with Gasteiger partial charge in [0.25, 0.3) is 5.56 Å². The Labute approximate surface area is 172 Å². The van der Waals surface area contributed by atoms with Gasteiger partial charge in [-0.15, -0.1) is 11.3 Å². The first-order valence-electron chi connectivity index (χ1n) is 9.33. The van der Waals surface area contributed by atoms with Gasteiger partial charge in [0.15, 0.2) is 0 Å². The van der Waals surface area contributed by atoms with E-state index < -0.39 is 0 Å². The molecule has 6 heteroatoms. The number of nitrogens with one attached hydrogen (secondary N) is 1. The molecule has 0 aliphatic carbocycles. The summed E-state index contributed by atoms with van der Waals surface area (Å²) >= 11 is 1.44. The average Bonchev–Trinajstić information content (AvgIpc) is 3.08. The lowest BCUT2D eigenvalue weighted by atomic mass is 9.99. The number of hydrogen-bond donors (Lipinski definition) is 1. The van der Waals surface area contributed by atoms with Gasteiger partial charge in [0.2, 0.25) is 5.91 Å². The van der Waals surface area contributed by atoms with Crippen molar-refractivity contribution in [3.63, 3.8) is 0 Å². The molecule has 1 N–H and O–H groups in total. The lowest BCUT2D eigenvalue weighted by Gasteiger charge is -2.09. The Morgan fingerprint density at radius 2 is 1.86 bits per heavy atom. The summed E-state index contributed by atoms with van der Waals surface area (Å²) < 4.78 is 1.37. The molecule has 5 nitrogen and oxygen atoms in total. The number of hydrogen-bond acceptors (Lipinski definition) is 4. The molecule has 0 bridgehead atoms. The highest BCUT2D eigenvalue weighted by Gasteiger charge is 2.16. The number of fused-ring (bicyclic) bond motifs is 1. The summed E-state index contributed by atoms with van der Waals surface area (Å²) in [5, 5.41) is 5.37. The Hall–Kier alpha value is -3.25. The molecule has 4 rings (SSSR count). The second-order valence-electron chi connectivity index (χ2n) is 7.24. The Kier molecular flexibility index (Phi) is 5.03. The maximum atomic E-state index is 13.2.